The maximum atomic E-state index is 6.09. The molecule has 0 amide bonds. The molecule has 0 aliphatic heterocycles. The Morgan fingerprint density at radius 3 is 2.95 bits per heavy atom. The van der Waals surface area contributed by atoms with E-state index in [1.165, 1.54) is 51.4 Å². The van der Waals surface area contributed by atoms with Gasteiger partial charge < -0.3 is 4.74 Å². The van der Waals surface area contributed by atoms with Crippen molar-refractivity contribution < 1.29 is 4.74 Å². The minimum atomic E-state index is 0.571. The molecule has 1 spiro atoms. The number of hydrogen-bond acceptors (Lipinski definition) is 1. The highest BCUT2D eigenvalue weighted by Gasteiger charge is 2.76. The largest absolute Gasteiger partial charge is 0.381 e. The summed E-state index contributed by atoms with van der Waals surface area (Å²) >= 11 is 0. The van der Waals surface area contributed by atoms with Crippen LogP contribution >= 0.6 is 0 Å². The van der Waals surface area contributed by atoms with E-state index in [-0.39, 0.29) is 0 Å². The lowest BCUT2D eigenvalue weighted by Crippen LogP contribution is -2.54. The molecule has 20 heavy (non-hydrogen) atoms. The Balaban J connectivity index is 1.57. The molecule has 110 valence electrons. The monoisotopic (exact) mass is 272 g/mol. The van der Waals surface area contributed by atoms with Crippen molar-refractivity contribution in [2.45, 2.75) is 64.4 Å². The Hall–Kier alpha value is -0.300. The first kappa shape index (κ1) is 12.3. The molecule has 5 aliphatic carbocycles. The minimum Gasteiger partial charge on any atom is -0.381 e. The van der Waals surface area contributed by atoms with Crippen LogP contribution in [0.15, 0.2) is 11.6 Å². The summed E-state index contributed by atoms with van der Waals surface area (Å²) < 4.78 is 6.09. The number of fused-ring (bicyclic) bond motifs is 4. The molecule has 3 unspecified atom stereocenters. The molecule has 0 N–H and O–H groups in total. The maximum Gasteiger partial charge on any atom is 0.0638 e. The molecule has 0 heterocycles. The third kappa shape index (κ3) is 1.18. The van der Waals surface area contributed by atoms with Crippen molar-refractivity contribution in [3.63, 3.8) is 0 Å². The summed E-state index contributed by atoms with van der Waals surface area (Å²) in [5.41, 5.74) is 3.03. The second-order valence-corrected chi connectivity index (χ2v) is 8.63. The van der Waals surface area contributed by atoms with Crippen molar-refractivity contribution in [1.29, 1.82) is 0 Å². The molecule has 7 atom stereocenters. The van der Waals surface area contributed by atoms with E-state index in [1.807, 2.05) is 12.7 Å². The van der Waals surface area contributed by atoms with Crippen molar-refractivity contribution in [3.8, 4) is 0 Å². The lowest BCUT2D eigenvalue weighted by atomic mass is 9.49. The average molecular weight is 272 g/mol. The molecule has 1 heteroatoms. The number of hydrogen-bond donors (Lipinski definition) is 0. The van der Waals surface area contributed by atoms with Crippen LogP contribution in [0.25, 0.3) is 0 Å². The molecule has 1 nitrogen and oxygen atoms in total. The summed E-state index contributed by atoms with van der Waals surface area (Å²) in [6.45, 7) is 2.66. The first-order valence-electron chi connectivity index (χ1n) is 8.92. The van der Waals surface area contributed by atoms with E-state index in [1.54, 1.807) is 0 Å². The van der Waals surface area contributed by atoms with Gasteiger partial charge in [-0.05, 0) is 80.5 Å². The predicted molar refractivity (Wildman–Crippen MR) is 80.3 cm³/mol. The van der Waals surface area contributed by atoms with Gasteiger partial charge in [-0.15, -0.1) is 0 Å². The smallest absolute Gasteiger partial charge is 0.0638 e. The van der Waals surface area contributed by atoms with E-state index in [0.717, 1.165) is 23.7 Å². The van der Waals surface area contributed by atoms with E-state index >= 15 is 0 Å². The SMILES string of the molecule is COC1C[C@H]2[C@@H]3CCC=C3CC[C@@H]2[C@@]2(C)CCC3CC312. The lowest BCUT2D eigenvalue weighted by molar-refractivity contribution is -0.130. The number of allylic oxidation sites excluding steroid dienone is 2. The average Bonchev–Trinajstić information content (AvgIpc) is 2.85. The second kappa shape index (κ2) is 3.72. The zero-order valence-corrected chi connectivity index (χ0v) is 13.0. The summed E-state index contributed by atoms with van der Waals surface area (Å²) in [7, 11) is 1.99. The van der Waals surface area contributed by atoms with Gasteiger partial charge in [0, 0.05) is 12.5 Å². The number of methoxy groups -OCH3 is 1. The molecule has 4 fully saturated rings. The zero-order valence-electron chi connectivity index (χ0n) is 13.0. The van der Waals surface area contributed by atoms with E-state index in [4.69, 9.17) is 4.74 Å². The third-order valence-corrected chi connectivity index (χ3v) is 8.53. The summed E-state index contributed by atoms with van der Waals surface area (Å²) in [6, 6.07) is 0. The topological polar surface area (TPSA) is 9.23 Å². The maximum absolute atomic E-state index is 6.09. The molecule has 5 aliphatic rings. The predicted octanol–water partition coefficient (Wildman–Crippen LogP) is 4.57. The van der Waals surface area contributed by atoms with Crippen molar-refractivity contribution in [2.75, 3.05) is 7.11 Å². The number of ether oxygens (including phenoxy) is 1. The van der Waals surface area contributed by atoms with E-state index in [9.17, 15) is 0 Å². The van der Waals surface area contributed by atoms with Crippen LogP contribution in [0, 0.1) is 34.5 Å². The summed E-state index contributed by atoms with van der Waals surface area (Å²) in [4.78, 5) is 0. The van der Waals surface area contributed by atoms with Gasteiger partial charge in [-0.1, -0.05) is 18.6 Å². The van der Waals surface area contributed by atoms with Crippen LogP contribution < -0.4 is 0 Å². The molecular formula is C19H28O. The zero-order chi connectivity index (χ0) is 13.5. The van der Waals surface area contributed by atoms with Crippen molar-refractivity contribution in [1.82, 2.24) is 0 Å². The molecule has 0 saturated heterocycles. The van der Waals surface area contributed by atoms with E-state index in [0.29, 0.717) is 16.9 Å². The van der Waals surface area contributed by atoms with Gasteiger partial charge in [0.05, 0.1) is 6.10 Å². The minimum absolute atomic E-state index is 0.571. The van der Waals surface area contributed by atoms with Crippen molar-refractivity contribution in [2.24, 2.45) is 34.5 Å². The highest BCUT2D eigenvalue weighted by Crippen LogP contribution is 2.81. The normalized spacial score (nSPS) is 59.3. The van der Waals surface area contributed by atoms with Gasteiger partial charge in [-0.2, -0.15) is 0 Å². The molecule has 0 bridgehead atoms. The fourth-order valence-corrected chi connectivity index (χ4v) is 7.67. The van der Waals surface area contributed by atoms with Gasteiger partial charge in [-0.25, -0.2) is 0 Å². The van der Waals surface area contributed by atoms with Crippen LogP contribution in [0.1, 0.15) is 58.3 Å². The van der Waals surface area contributed by atoms with E-state index in [2.05, 4.69) is 13.0 Å². The molecule has 0 radical (unpaired) electrons. The summed E-state index contributed by atoms with van der Waals surface area (Å²) in [6.07, 6.45) is 14.7. The van der Waals surface area contributed by atoms with Crippen LogP contribution in [0.3, 0.4) is 0 Å². The van der Waals surface area contributed by atoms with Gasteiger partial charge in [0.2, 0.25) is 0 Å². The Morgan fingerprint density at radius 1 is 1.25 bits per heavy atom. The van der Waals surface area contributed by atoms with Crippen LogP contribution in [0.5, 0.6) is 0 Å². The van der Waals surface area contributed by atoms with E-state index < -0.39 is 0 Å². The van der Waals surface area contributed by atoms with Crippen molar-refractivity contribution >= 4 is 0 Å². The van der Waals surface area contributed by atoms with Gasteiger partial charge in [0.15, 0.2) is 0 Å². The first-order chi connectivity index (χ1) is 9.70. The quantitative estimate of drug-likeness (QED) is 0.635. The fourth-order valence-electron chi connectivity index (χ4n) is 7.67. The standard InChI is InChI=1S/C19H28O/c1-18-9-8-13-11-19(13,18)17(20-2)10-15-14-5-3-4-12(14)6-7-16(15)18/h4,13-17H,3,5-11H2,1-2H3/t13?,14-,15+,16+,17?,18-,19?/m1/s1. The van der Waals surface area contributed by atoms with Gasteiger partial charge in [0.1, 0.15) is 0 Å². The number of rotatable bonds is 1. The second-order valence-electron chi connectivity index (χ2n) is 8.63. The molecule has 5 rings (SSSR count). The fraction of sp³-hybridized carbons (Fsp3) is 0.895. The molecule has 4 saturated carbocycles. The highest BCUT2D eigenvalue weighted by molar-refractivity contribution is 5.28. The molecule has 0 aromatic rings. The summed E-state index contributed by atoms with van der Waals surface area (Å²) in [5.74, 6) is 3.89. The van der Waals surface area contributed by atoms with Crippen LogP contribution in [-0.2, 0) is 4.74 Å². The Morgan fingerprint density at radius 2 is 2.15 bits per heavy atom. The van der Waals surface area contributed by atoms with Gasteiger partial charge in [0.25, 0.3) is 0 Å². The highest BCUT2D eigenvalue weighted by atomic mass is 16.5. The lowest BCUT2D eigenvalue weighted by Gasteiger charge is -2.57. The van der Waals surface area contributed by atoms with Crippen molar-refractivity contribution in [3.05, 3.63) is 11.6 Å². The van der Waals surface area contributed by atoms with Crippen LogP contribution in [0.2, 0.25) is 0 Å². The van der Waals surface area contributed by atoms with Crippen LogP contribution in [0.4, 0.5) is 0 Å². The third-order valence-electron chi connectivity index (χ3n) is 8.53. The Bertz CT molecular complexity index is 480. The molecular weight excluding hydrogens is 244 g/mol. The van der Waals surface area contributed by atoms with Gasteiger partial charge in [-0.3, -0.25) is 0 Å². The first-order valence-corrected chi connectivity index (χ1v) is 8.92. The Kier molecular flexibility index (Phi) is 2.28. The molecule has 0 aromatic heterocycles. The molecule has 0 aromatic carbocycles. The van der Waals surface area contributed by atoms with Gasteiger partial charge >= 0.3 is 0 Å². The summed E-state index contributed by atoms with van der Waals surface area (Å²) in [5, 5.41) is 0. The Labute approximate surface area is 123 Å². The van der Waals surface area contributed by atoms with Crippen LogP contribution in [-0.4, -0.2) is 13.2 Å².